The van der Waals surface area contributed by atoms with Crippen LogP contribution in [0, 0.1) is 5.92 Å². The van der Waals surface area contributed by atoms with Crippen LogP contribution in [0.1, 0.15) is 6.42 Å². The van der Waals surface area contributed by atoms with Crippen molar-refractivity contribution in [1.29, 1.82) is 0 Å². The summed E-state index contributed by atoms with van der Waals surface area (Å²) < 4.78 is 34.1. The minimum Gasteiger partial charge on any atom is -0.316 e. The quantitative estimate of drug-likeness (QED) is 0.670. The number of hydrogen-bond donors (Lipinski definition) is 1. The van der Waals surface area contributed by atoms with Crippen LogP contribution in [-0.4, -0.2) is 39.7 Å². The van der Waals surface area contributed by atoms with Gasteiger partial charge in [0.2, 0.25) is 0 Å². The Hall–Kier alpha value is -0.160. The van der Waals surface area contributed by atoms with E-state index in [1.807, 2.05) is 0 Å². The second-order valence-corrected chi connectivity index (χ2v) is 5.41. The molecule has 3 nitrogen and oxygen atoms in total. The lowest BCUT2D eigenvalue weighted by atomic mass is 10.1. The molecule has 0 saturated carbocycles. The number of halogens is 1. The van der Waals surface area contributed by atoms with Gasteiger partial charge < -0.3 is 5.32 Å². The van der Waals surface area contributed by atoms with E-state index in [0.717, 1.165) is 13.1 Å². The third-order valence-electron chi connectivity index (χ3n) is 1.94. The first-order chi connectivity index (χ1) is 5.64. The highest BCUT2D eigenvalue weighted by Crippen LogP contribution is 2.08. The van der Waals surface area contributed by atoms with Gasteiger partial charge in [0.15, 0.2) is 9.84 Å². The summed E-state index contributed by atoms with van der Waals surface area (Å²) >= 11 is 0. The molecule has 72 valence electrons. The summed E-state index contributed by atoms with van der Waals surface area (Å²) in [5, 5.41) is 3.00. The summed E-state index contributed by atoms with van der Waals surface area (Å²) in [5.74, 6) is 0.481. The van der Waals surface area contributed by atoms with Crippen molar-refractivity contribution in [2.24, 2.45) is 5.92 Å². The van der Waals surface area contributed by atoms with Crippen molar-refractivity contribution in [3.63, 3.8) is 0 Å². The molecule has 12 heavy (non-hydrogen) atoms. The van der Waals surface area contributed by atoms with E-state index in [1.165, 1.54) is 0 Å². The molecule has 0 spiro atoms. The first kappa shape index (κ1) is 9.92. The van der Waals surface area contributed by atoms with Crippen LogP contribution in [0.2, 0.25) is 0 Å². The van der Waals surface area contributed by atoms with E-state index in [0.29, 0.717) is 0 Å². The summed E-state index contributed by atoms with van der Waals surface area (Å²) in [6.07, 6.45) is 0.141. The predicted molar refractivity (Wildman–Crippen MR) is 45.6 cm³/mol. The van der Waals surface area contributed by atoms with E-state index in [2.05, 4.69) is 5.32 Å². The number of nitrogens with one attached hydrogen (secondary N) is 1. The highest BCUT2D eigenvalue weighted by molar-refractivity contribution is 7.91. The maximum absolute atomic E-state index is 11.7. The molecule has 1 heterocycles. The lowest BCUT2D eigenvalue weighted by Gasteiger charge is -2.26. The normalized spacial score (nSPS) is 19.1. The Balaban J connectivity index is 2.27. The monoisotopic (exact) mass is 195 g/mol. The van der Waals surface area contributed by atoms with Gasteiger partial charge in [-0.1, -0.05) is 0 Å². The summed E-state index contributed by atoms with van der Waals surface area (Å²) in [6.45, 7) is 1.03. The first-order valence-electron chi connectivity index (χ1n) is 4.11. The Morgan fingerprint density at radius 3 is 2.50 bits per heavy atom. The third kappa shape index (κ3) is 3.06. The van der Waals surface area contributed by atoms with Crippen LogP contribution >= 0.6 is 0 Å². The predicted octanol–water partition coefficient (Wildman–Crippen LogP) is -0.0198. The van der Waals surface area contributed by atoms with Gasteiger partial charge >= 0.3 is 0 Å². The fourth-order valence-corrected chi connectivity index (χ4v) is 2.85. The molecule has 5 heteroatoms. The van der Waals surface area contributed by atoms with Crippen molar-refractivity contribution >= 4 is 9.84 Å². The Bertz CT molecular complexity index is 224. The molecule has 0 amide bonds. The molecular formula is C7H14FNO2S. The van der Waals surface area contributed by atoms with Gasteiger partial charge in [0.1, 0.15) is 0 Å². The van der Waals surface area contributed by atoms with E-state index in [-0.39, 0.29) is 23.8 Å². The molecular weight excluding hydrogens is 181 g/mol. The molecule has 1 rings (SSSR count). The van der Waals surface area contributed by atoms with Crippen LogP contribution in [0.5, 0.6) is 0 Å². The number of alkyl halides is 1. The smallest absolute Gasteiger partial charge is 0.150 e. The first-order valence-corrected chi connectivity index (χ1v) is 5.93. The van der Waals surface area contributed by atoms with Crippen molar-refractivity contribution in [3.05, 3.63) is 0 Å². The summed E-state index contributed by atoms with van der Waals surface area (Å²) in [5.41, 5.74) is 0. The number of rotatable bonds is 5. The van der Waals surface area contributed by atoms with E-state index >= 15 is 0 Å². The van der Waals surface area contributed by atoms with Gasteiger partial charge in [-0.15, -0.1) is 0 Å². The second kappa shape index (κ2) is 4.18. The standard InChI is InChI=1S/C7H14FNO2S/c8-2-1-3-12(10,11)6-7-4-9-5-7/h7,9H,1-6H2. The zero-order valence-electron chi connectivity index (χ0n) is 6.92. The number of sulfone groups is 1. The zero-order valence-corrected chi connectivity index (χ0v) is 7.74. The summed E-state index contributed by atoms with van der Waals surface area (Å²) in [4.78, 5) is 0. The molecule has 0 radical (unpaired) electrons. The third-order valence-corrected chi connectivity index (χ3v) is 3.83. The van der Waals surface area contributed by atoms with Crippen LogP contribution in [0.4, 0.5) is 4.39 Å². The molecule has 0 aromatic carbocycles. The topological polar surface area (TPSA) is 46.2 Å². The number of hydrogen-bond acceptors (Lipinski definition) is 3. The Morgan fingerprint density at radius 1 is 1.42 bits per heavy atom. The molecule has 0 bridgehead atoms. The minimum absolute atomic E-state index is 0.000000000000000222. The van der Waals surface area contributed by atoms with Crippen molar-refractivity contribution in [2.75, 3.05) is 31.3 Å². The average Bonchev–Trinajstić information content (AvgIpc) is 1.94. The molecule has 1 fully saturated rings. The van der Waals surface area contributed by atoms with Gasteiger partial charge in [0.05, 0.1) is 18.2 Å². The summed E-state index contributed by atoms with van der Waals surface area (Å²) in [7, 11) is -2.98. The van der Waals surface area contributed by atoms with Crippen molar-refractivity contribution in [3.8, 4) is 0 Å². The second-order valence-electron chi connectivity index (χ2n) is 3.18. The molecule has 0 atom stereocenters. The lowest BCUT2D eigenvalue weighted by Crippen LogP contribution is -2.45. The lowest BCUT2D eigenvalue weighted by molar-refractivity contribution is 0.378. The highest BCUT2D eigenvalue weighted by Gasteiger charge is 2.23. The molecule has 1 saturated heterocycles. The fourth-order valence-electron chi connectivity index (χ4n) is 1.18. The van der Waals surface area contributed by atoms with Crippen LogP contribution < -0.4 is 5.32 Å². The average molecular weight is 195 g/mol. The van der Waals surface area contributed by atoms with Gasteiger partial charge in [0.25, 0.3) is 0 Å². The molecule has 0 aliphatic carbocycles. The van der Waals surface area contributed by atoms with Crippen molar-refractivity contribution in [1.82, 2.24) is 5.32 Å². The van der Waals surface area contributed by atoms with Crippen LogP contribution in [0.25, 0.3) is 0 Å². The minimum atomic E-state index is -2.98. The van der Waals surface area contributed by atoms with Crippen molar-refractivity contribution < 1.29 is 12.8 Å². The zero-order chi connectivity index (χ0) is 9.03. The molecule has 1 aliphatic rings. The van der Waals surface area contributed by atoms with E-state index in [4.69, 9.17) is 0 Å². The van der Waals surface area contributed by atoms with Gasteiger partial charge in [-0.05, 0) is 12.3 Å². The van der Waals surface area contributed by atoms with Crippen LogP contribution in [0.15, 0.2) is 0 Å². The van der Waals surface area contributed by atoms with Crippen LogP contribution in [0.3, 0.4) is 0 Å². The Labute approximate surface area is 72.3 Å². The maximum atomic E-state index is 11.7. The maximum Gasteiger partial charge on any atom is 0.150 e. The van der Waals surface area contributed by atoms with Crippen molar-refractivity contribution in [2.45, 2.75) is 6.42 Å². The molecule has 0 aromatic heterocycles. The van der Waals surface area contributed by atoms with Gasteiger partial charge in [-0.2, -0.15) is 0 Å². The highest BCUT2D eigenvalue weighted by atomic mass is 32.2. The molecule has 0 unspecified atom stereocenters. The van der Waals surface area contributed by atoms with Gasteiger partial charge in [-0.25, -0.2) is 8.42 Å². The van der Waals surface area contributed by atoms with E-state index < -0.39 is 16.5 Å². The largest absolute Gasteiger partial charge is 0.316 e. The molecule has 1 N–H and O–H groups in total. The Morgan fingerprint density at radius 2 is 2.08 bits per heavy atom. The Kier molecular flexibility index (Phi) is 3.46. The SMILES string of the molecule is O=S(=O)(CCCF)CC1CNC1. The van der Waals surface area contributed by atoms with E-state index in [1.54, 1.807) is 0 Å². The molecule has 1 aliphatic heterocycles. The van der Waals surface area contributed by atoms with Gasteiger partial charge in [0, 0.05) is 13.1 Å². The molecule has 0 aromatic rings. The fraction of sp³-hybridized carbons (Fsp3) is 1.00. The van der Waals surface area contributed by atoms with Gasteiger partial charge in [-0.3, -0.25) is 4.39 Å². The summed E-state index contributed by atoms with van der Waals surface area (Å²) in [6, 6.07) is 0. The van der Waals surface area contributed by atoms with E-state index in [9.17, 15) is 12.8 Å². The van der Waals surface area contributed by atoms with Crippen LogP contribution in [-0.2, 0) is 9.84 Å².